The molecule has 2 aromatic heterocycles. The molecule has 0 spiro atoms. The van der Waals surface area contributed by atoms with Gasteiger partial charge in [0.1, 0.15) is 15.7 Å². The van der Waals surface area contributed by atoms with E-state index in [-0.39, 0.29) is 17.4 Å². The topological polar surface area (TPSA) is 59.8 Å². The largest absolute Gasteiger partial charge is 0.351 e. The van der Waals surface area contributed by atoms with Gasteiger partial charge < -0.3 is 9.88 Å². The van der Waals surface area contributed by atoms with Crippen LogP contribution >= 0.6 is 23.4 Å². The molecule has 30 heavy (non-hydrogen) atoms. The number of aryl methyl sites for hydroxylation is 1. The van der Waals surface area contributed by atoms with E-state index in [4.69, 9.17) is 11.6 Å². The lowest BCUT2D eigenvalue weighted by Crippen LogP contribution is -2.41. The molecule has 0 bridgehead atoms. The molecule has 4 rings (SSSR count). The number of nitrogens with one attached hydrogen (secondary N) is 1. The minimum absolute atomic E-state index is 0.0759. The predicted octanol–water partition coefficient (Wildman–Crippen LogP) is 5.30. The van der Waals surface area contributed by atoms with Crippen LogP contribution in [-0.2, 0) is 11.8 Å². The second-order valence-electron chi connectivity index (χ2n) is 8.74. The molecule has 1 fully saturated rings. The number of rotatable bonds is 5. The van der Waals surface area contributed by atoms with Crippen molar-refractivity contribution in [2.45, 2.75) is 48.7 Å². The van der Waals surface area contributed by atoms with Crippen molar-refractivity contribution in [2.75, 3.05) is 0 Å². The van der Waals surface area contributed by atoms with Crippen LogP contribution in [0.5, 0.6) is 0 Å². The van der Waals surface area contributed by atoms with Gasteiger partial charge in [-0.1, -0.05) is 35.9 Å². The summed E-state index contributed by atoms with van der Waals surface area (Å²) >= 11 is 7.51. The Labute approximate surface area is 186 Å². The fourth-order valence-electron chi connectivity index (χ4n) is 3.46. The smallest absolute Gasteiger partial charge is 0.224 e. The Bertz CT molecular complexity index is 1050. The van der Waals surface area contributed by atoms with Crippen LogP contribution in [0.1, 0.15) is 38.7 Å². The SMILES string of the molecule is Cn1cnc(-c2ccc([C@H]3C[C@@H]3C(=O)NC(C)(C)C)cc2)c1Sc1ccc(Cl)cn1. The lowest BCUT2D eigenvalue weighted by molar-refractivity contribution is -0.123. The van der Waals surface area contributed by atoms with Gasteiger partial charge in [-0.3, -0.25) is 4.79 Å². The summed E-state index contributed by atoms with van der Waals surface area (Å²) in [6.45, 7) is 6.04. The summed E-state index contributed by atoms with van der Waals surface area (Å²) in [5.74, 6) is 0.528. The first-order valence-corrected chi connectivity index (χ1v) is 11.1. The van der Waals surface area contributed by atoms with E-state index in [1.807, 2.05) is 50.8 Å². The second-order valence-corrected chi connectivity index (χ2v) is 10.2. The second kappa shape index (κ2) is 8.08. The van der Waals surface area contributed by atoms with E-state index in [1.54, 1.807) is 18.0 Å². The van der Waals surface area contributed by atoms with Crippen LogP contribution in [0, 0.1) is 5.92 Å². The van der Waals surface area contributed by atoms with Gasteiger partial charge in [0.15, 0.2) is 0 Å². The molecule has 156 valence electrons. The van der Waals surface area contributed by atoms with E-state index in [1.165, 1.54) is 5.56 Å². The number of benzene rings is 1. The third kappa shape index (κ3) is 4.71. The fraction of sp³-hybridized carbons (Fsp3) is 0.348. The van der Waals surface area contributed by atoms with Crippen LogP contribution in [-0.4, -0.2) is 26.0 Å². The zero-order valence-corrected chi connectivity index (χ0v) is 19.1. The van der Waals surface area contributed by atoms with Crippen molar-refractivity contribution >= 4 is 29.3 Å². The van der Waals surface area contributed by atoms with Gasteiger partial charge >= 0.3 is 0 Å². The van der Waals surface area contributed by atoms with Gasteiger partial charge in [-0.25, -0.2) is 9.97 Å². The van der Waals surface area contributed by atoms with Gasteiger partial charge in [0.05, 0.1) is 11.3 Å². The molecule has 0 radical (unpaired) electrons. The molecule has 1 aliphatic rings. The molecule has 1 aliphatic carbocycles. The number of carbonyl (C=O) groups is 1. The highest BCUT2D eigenvalue weighted by Gasteiger charge is 2.44. The van der Waals surface area contributed by atoms with Crippen molar-refractivity contribution in [3.8, 4) is 11.3 Å². The average Bonchev–Trinajstić information content (AvgIpc) is 3.41. The molecule has 5 nitrogen and oxygen atoms in total. The normalized spacial score (nSPS) is 18.3. The first kappa shape index (κ1) is 20.9. The van der Waals surface area contributed by atoms with Gasteiger partial charge in [-0.15, -0.1) is 0 Å². The minimum atomic E-state index is -0.194. The molecular weight excluding hydrogens is 416 g/mol. The molecule has 3 aromatic rings. The van der Waals surface area contributed by atoms with Gasteiger partial charge in [-0.05, 0) is 62.6 Å². The molecule has 2 heterocycles. The summed E-state index contributed by atoms with van der Waals surface area (Å²) in [6, 6.07) is 12.2. The third-order valence-corrected chi connectivity index (χ3v) is 6.37. The number of hydrogen-bond donors (Lipinski definition) is 1. The molecule has 1 N–H and O–H groups in total. The summed E-state index contributed by atoms with van der Waals surface area (Å²) in [6.07, 6.45) is 4.38. The average molecular weight is 441 g/mol. The fourth-order valence-corrected chi connectivity index (χ4v) is 4.47. The Morgan fingerprint density at radius 3 is 2.53 bits per heavy atom. The summed E-state index contributed by atoms with van der Waals surface area (Å²) in [7, 11) is 1.98. The number of pyridine rings is 1. The Hall–Kier alpha value is -2.31. The number of halogens is 1. The lowest BCUT2D eigenvalue weighted by Gasteiger charge is -2.20. The zero-order valence-electron chi connectivity index (χ0n) is 17.5. The van der Waals surface area contributed by atoms with Crippen LogP contribution < -0.4 is 5.32 Å². The Morgan fingerprint density at radius 1 is 1.17 bits per heavy atom. The van der Waals surface area contributed by atoms with Gasteiger partial charge in [-0.2, -0.15) is 0 Å². The molecule has 0 unspecified atom stereocenters. The van der Waals surface area contributed by atoms with Crippen molar-refractivity contribution in [1.29, 1.82) is 0 Å². The number of aromatic nitrogens is 3. The van der Waals surface area contributed by atoms with E-state index >= 15 is 0 Å². The highest BCUT2D eigenvalue weighted by molar-refractivity contribution is 7.99. The van der Waals surface area contributed by atoms with Gasteiger partial charge in [0, 0.05) is 30.3 Å². The van der Waals surface area contributed by atoms with Crippen LogP contribution in [0.2, 0.25) is 5.02 Å². The zero-order chi connectivity index (χ0) is 21.5. The number of imidazole rings is 1. The summed E-state index contributed by atoms with van der Waals surface area (Å²) in [4.78, 5) is 21.4. The van der Waals surface area contributed by atoms with Crippen molar-refractivity contribution < 1.29 is 4.79 Å². The Morgan fingerprint density at radius 2 is 1.90 bits per heavy atom. The predicted molar refractivity (Wildman–Crippen MR) is 121 cm³/mol. The Balaban J connectivity index is 1.49. The number of carbonyl (C=O) groups excluding carboxylic acids is 1. The highest BCUT2D eigenvalue weighted by atomic mass is 35.5. The lowest BCUT2D eigenvalue weighted by atomic mass is 10.0. The number of hydrogen-bond acceptors (Lipinski definition) is 4. The standard InChI is InChI=1S/C23H25ClN4OS/c1-23(2,3)27-21(29)18-11-17(18)14-5-7-15(8-6-14)20-22(28(4)13-26-20)30-19-10-9-16(24)12-25-19/h5-10,12-13,17-18H,11H2,1-4H3,(H,27,29)/t17-,18+/m1/s1. The van der Waals surface area contributed by atoms with Crippen LogP contribution in [0.15, 0.2) is 59.0 Å². The van der Waals surface area contributed by atoms with E-state index in [0.29, 0.717) is 10.9 Å². The summed E-state index contributed by atoms with van der Waals surface area (Å²) in [5, 5.41) is 5.59. The van der Waals surface area contributed by atoms with Crippen LogP contribution in [0.25, 0.3) is 11.3 Å². The first-order valence-electron chi connectivity index (χ1n) is 9.94. The highest BCUT2D eigenvalue weighted by Crippen LogP contribution is 2.48. The molecule has 0 aliphatic heterocycles. The van der Waals surface area contributed by atoms with Gasteiger partial charge in [0.25, 0.3) is 0 Å². The molecule has 1 aromatic carbocycles. The molecule has 1 amide bonds. The van der Waals surface area contributed by atoms with Crippen molar-refractivity contribution in [3.63, 3.8) is 0 Å². The molecule has 7 heteroatoms. The van der Waals surface area contributed by atoms with Crippen molar-refractivity contribution in [2.24, 2.45) is 13.0 Å². The summed E-state index contributed by atoms with van der Waals surface area (Å²) in [5.41, 5.74) is 2.98. The quantitative estimate of drug-likeness (QED) is 0.584. The maximum absolute atomic E-state index is 12.4. The van der Waals surface area contributed by atoms with Crippen LogP contribution in [0.4, 0.5) is 0 Å². The monoisotopic (exact) mass is 440 g/mol. The Kier molecular flexibility index (Phi) is 5.64. The van der Waals surface area contributed by atoms with Crippen LogP contribution in [0.3, 0.4) is 0 Å². The third-order valence-electron chi connectivity index (χ3n) is 5.02. The first-order chi connectivity index (χ1) is 14.2. The maximum atomic E-state index is 12.4. The number of amides is 1. The van der Waals surface area contributed by atoms with Crippen molar-refractivity contribution in [1.82, 2.24) is 19.9 Å². The molecule has 1 saturated carbocycles. The van der Waals surface area contributed by atoms with E-state index in [9.17, 15) is 4.79 Å². The minimum Gasteiger partial charge on any atom is -0.351 e. The number of nitrogens with zero attached hydrogens (tertiary/aromatic N) is 3. The van der Waals surface area contributed by atoms with Crippen molar-refractivity contribution in [3.05, 3.63) is 59.5 Å². The van der Waals surface area contributed by atoms with E-state index < -0.39 is 0 Å². The van der Waals surface area contributed by atoms with E-state index in [0.717, 1.165) is 27.7 Å². The molecular formula is C23H25ClN4OS. The molecule has 0 saturated heterocycles. The van der Waals surface area contributed by atoms with E-state index in [2.05, 4.69) is 39.6 Å². The van der Waals surface area contributed by atoms with Gasteiger partial charge in [0.2, 0.25) is 5.91 Å². The maximum Gasteiger partial charge on any atom is 0.224 e. The summed E-state index contributed by atoms with van der Waals surface area (Å²) < 4.78 is 2.00. The molecule has 2 atom stereocenters.